The first-order valence-corrected chi connectivity index (χ1v) is 8.96. The van der Waals surface area contributed by atoms with Crippen molar-refractivity contribution in [1.29, 1.82) is 0 Å². The normalized spacial score (nSPS) is 11.0. The van der Waals surface area contributed by atoms with Crippen molar-refractivity contribution in [2.75, 3.05) is 10.6 Å². The number of ether oxygens (including phenoxy) is 1. The van der Waals surface area contributed by atoms with E-state index < -0.39 is 17.7 Å². The van der Waals surface area contributed by atoms with Crippen molar-refractivity contribution in [3.63, 3.8) is 0 Å². The topological polar surface area (TPSA) is 105 Å². The molecule has 0 saturated heterocycles. The van der Waals surface area contributed by atoms with E-state index in [1.165, 1.54) is 23.0 Å². The molecule has 3 rings (SSSR count). The number of amides is 2. The summed E-state index contributed by atoms with van der Waals surface area (Å²) >= 11 is 0. The zero-order chi connectivity index (χ0) is 21.0. The minimum atomic E-state index is -0.645. The summed E-state index contributed by atoms with van der Waals surface area (Å²) in [5.41, 5.74) is 1.56. The van der Waals surface area contributed by atoms with Crippen molar-refractivity contribution in [3.05, 3.63) is 60.8 Å². The van der Waals surface area contributed by atoms with Crippen molar-refractivity contribution in [2.45, 2.75) is 26.4 Å². The fraction of sp³-hybridized carbons (Fsp3) is 0.190. The molecule has 29 heavy (non-hydrogen) atoms. The summed E-state index contributed by atoms with van der Waals surface area (Å²) in [7, 11) is 0. The van der Waals surface area contributed by atoms with Crippen molar-refractivity contribution in [1.82, 2.24) is 9.78 Å². The Morgan fingerprint density at radius 2 is 1.66 bits per heavy atom. The third-order valence-corrected chi connectivity index (χ3v) is 3.73. The van der Waals surface area contributed by atoms with Gasteiger partial charge in [0.1, 0.15) is 11.4 Å². The second kappa shape index (κ2) is 8.05. The van der Waals surface area contributed by atoms with Crippen molar-refractivity contribution < 1.29 is 19.4 Å². The van der Waals surface area contributed by atoms with E-state index in [9.17, 15) is 14.7 Å². The molecule has 2 amide bonds. The van der Waals surface area contributed by atoms with Gasteiger partial charge < -0.3 is 20.5 Å². The van der Waals surface area contributed by atoms with Crippen LogP contribution >= 0.6 is 0 Å². The molecule has 2 aromatic carbocycles. The van der Waals surface area contributed by atoms with Gasteiger partial charge in [-0.1, -0.05) is 18.2 Å². The van der Waals surface area contributed by atoms with Gasteiger partial charge in [-0.25, -0.2) is 9.59 Å². The van der Waals surface area contributed by atoms with Crippen LogP contribution in [0.15, 0.2) is 60.8 Å². The molecule has 1 aromatic heterocycles. The third-order valence-electron chi connectivity index (χ3n) is 3.73. The predicted octanol–water partition coefficient (Wildman–Crippen LogP) is 4.68. The highest BCUT2D eigenvalue weighted by Crippen LogP contribution is 2.24. The van der Waals surface area contributed by atoms with Gasteiger partial charge in [0.15, 0.2) is 0 Å². The number of phenols is 1. The highest BCUT2D eigenvalue weighted by molar-refractivity contribution is 6.00. The van der Waals surface area contributed by atoms with Gasteiger partial charge in [-0.2, -0.15) is 9.78 Å². The number of urea groups is 1. The molecule has 8 nitrogen and oxygen atoms in total. The van der Waals surface area contributed by atoms with Crippen LogP contribution in [0.2, 0.25) is 0 Å². The van der Waals surface area contributed by atoms with E-state index in [1.54, 1.807) is 63.2 Å². The molecule has 3 aromatic rings. The Labute approximate surface area is 168 Å². The van der Waals surface area contributed by atoms with Gasteiger partial charge in [-0.05, 0) is 51.1 Å². The van der Waals surface area contributed by atoms with Crippen molar-refractivity contribution >= 4 is 23.5 Å². The van der Waals surface area contributed by atoms with E-state index >= 15 is 0 Å². The molecular formula is C21H22N4O4. The molecule has 0 unspecified atom stereocenters. The number of nitrogens with one attached hydrogen (secondary N) is 2. The zero-order valence-corrected chi connectivity index (χ0v) is 16.3. The van der Waals surface area contributed by atoms with Crippen molar-refractivity contribution in [2.24, 2.45) is 0 Å². The Bertz CT molecular complexity index is 1040. The van der Waals surface area contributed by atoms with Gasteiger partial charge in [0.25, 0.3) is 0 Å². The summed E-state index contributed by atoms with van der Waals surface area (Å²) in [6, 6.07) is 14.5. The number of anilines is 2. The third kappa shape index (κ3) is 5.35. The Morgan fingerprint density at radius 3 is 2.31 bits per heavy atom. The monoisotopic (exact) mass is 394 g/mol. The summed E-state index contributed by atoms with van der Waals surface area (Å²) < 4.78 is 6.55. The maximum Gasteiger partial charge on any atom is 0.435 e. The fourth-order valence-electron chi connectivity index (χ4n) is 2.61. The smallest absolute Gasteiger partial charge is 0.435 e. The Balaban J connectivity index is 1.76. The van der Waals surface area contributed by atoms with E-state index in [0.717, 1.165) is 0 Å². The summed E-state index contributed by atoms with van der Waals surface area (Å²) in [5, 5.41) is 18.9. The van der Waals surface area contributed by atoms with Crippen LogP contribution in [-0.2, 0) is 4.74 Å². The first kappa shape index (κ1) is 19.9. The predicted molar refractivity (Wildman–Crippen MR) is 110 cm³/mol. The number of carbonyl (C=O) groups is 2. The van der Waals surface area contributed by atoms with Crippen LogP contribution in [0, 0.1) is 0 Å². The number of benzene rings is 2. The van der Waals surface area contributed by atoms with Crippen molar-refractivity contribution in [3.8, 4) is 17.0 Å². The minimum absolute atomic E-state index is 0.0557. The van der Waals surface area contributed by atoms with Gasteiger partial charge in [-0.15, -0.1) is 0 Å². The minimum Gasteiger partial charge on any atom is -0.508 e. The van der Waals surface area contributed by atoms with Crippen LogP contribution < -0.4 is 10.6 Å². The van der Waals surface area contributed by atoms with Crippen LogP contribution in [0.5, 0.6) is 5.75 Å². The number of carbonyl (C=O) groups excluding carboxylic acids is 2. The molecule has 0 bridgehead atoms. The molecule has 0 aliphatic carbocycles. The zero-order valence-electron chi connectivity index (χ0n) is 16.3. The number of rotatable bonds is 3. The number of hydrogen-bond acceptors (Lipinski definition) is 5. The SMILES string of the molecule is CC(C)(C)OC(=O)n1nccc1-c1cccc(NC(=O)Nc2cccc(O)c2)c1. The van der Waals surface area contributed by atoms with Crippen LogP contribution in [0.3, 0.4) is 0 Å². The average Bonchev–Trinajstić information content (AvgIpc) is 3.10. The van der Waals surface area contributed by atoms with Gasteiger partial charge in [-0.3, -0.25) is 0 Å². The van der Waals surface area contributed by atoms with Gasteiger partial charge in [0.05, 0.1) is 11.9 Å². The van der Waals surface area contributed by atoms with Crippen LogP contribution in [0.1, 0.15) is 20.8 Å². The average molecular weight is 394 g/mol. The molecule has 0 atom stereocenters. The Kier molecular flexibility index (Phi) is 5.54. The van der Waals surface area contributed by atoms with Gasteiger partial charge in [0, 0.05) is 23.0 Å². The lowest BCUT2D eigenvalue weighted by molar-refractivity contribution is 0.0518. The lowest BCUT2D eigenvalue weighted by Crippen LogP contribution is -2.28. The molecule has 0 aliphatic heterocycles. The largest absolute Gasteiger partial charge is 0.508 e. The maximum absolute atomic E-state index is 12.4. The summed E-state index contributed by atoms with van der Waals surface area (Å²) in [5.74, 6) is 0.0557. The molecule has 0 saturated carbocycles. The molecule has 150 valence electrons. The maximum atomic E-state index is 12.4. The summed E-state index contributed by atoms with van der Waals surface area (Å²) in [4.78, 5) is 24.6. The van der Waals surface area contributed by atoms with E-state index in [4.69, 9.17) is 4.74 Å². The number of aromatic nitrogens is 2. The molecule has 1 heterocycles. The van der Waals surface area contributed by atoms with E-state index in [2.05, 4.69) is 15.7 Å². The molecule has 0 fully saturated rings. The number of phenolic OH excluding ortho intramolecular Hbond substituents is 1. The fourth-order valence-corrected chi connectivity index (χ4v) is 2.61. The highest BCUT2D eigenvalue weighted by atomic mass is 16.6. The van der Waals surface area contributed by atoms with Crippen LogP contribution in [0.25, 0.3) is 11.3 Å². The molecule has 8 heteroatoms. The molecular weight excluding hydrogens is 372 g/mol. The molecule has 0 aliphatic rings. The molecule has 3 N–H and O–H groups in total. The van der Waals surface area contributed by atoms with Crippen LogP contribution in [0.4, 0.5) is 21.0 Å². The first-order chi connectivity index (χ1) is 13.7. The van der Waals surface area contributed by atoms with E-state index in [0.29, 0.717) is 22.6 Å². The van der Waals surface area contributed by atoms with Crippen LogP contribution in [-0.4, -0.2) is 32.6 Å². The summed E-state index contributed by atoms with van der Waals surface area (Å²) in [6.45, 7) is 5.34. The second-order valence-corrected chi connectivity index (χ2v) is 7.32. The van der Waals surface area contributed by atoms with Gasteiger partial charge in [0.2, 0.25) is 0 Å². The highest BCUT2D eigenvalue weighted by Gasteiger charge is 2.21. The van der Waals surface area contributed by atoms with E-state index in [1.807, 2.05) is 0 Å². The Morgan fingerprint density at radius 1 is 1.00 bits per heavy atom. The number of nitrogens with zero attached hydrogens (tertiary/aromatic N) is 2. The lowest BCUT2D eigenvalue weighted by atomic mass is 10.1. The van der Waals surface area contributed by atoms with Gasteiger partial charge >= 0.3 is 12.1 Å². The van der Waals surface area contributed by atoms with E-state index in [-0.39, 0.29) is 5.75 Å². The number of hydrogen-bond donors (Lipinski definition) is 3. The second-order valence-electron chi connectivity index (χ2n) is 7.32. The first-order valence-electron chi connectivity index (χ1n) is 8.96. The lowest BCUT2D eigenvalue weighted by Gasteiger charge is -2.19. The number of aromatic hydroxyl groups is 1. The molecule has 0 spiro atoms. The molecule has 0 radical (unpaired) electrons. The quantitative estimate of drug-likeness (QED) is 0.598. The Hall–Kier alpha value is -3.81. The summed E-state index contributed by atoms with van der Waals surface area (Å²) in [6.07, 6.45) is 0.922. The standard InChI is InChI=1S/C21H22N4O4/c1-21(2,3)29-20(28)25-18(10-11-22-25)14-6-4-7-15(12-14)23-19(27)24-16-8-5-9-17(26)13-16/h4-13,26H,1-3H3,(H2,23,24,27).